The Labute approximate surface area is 124 Å². The maximum atomic E-state index is 11.9. The fourth-order valence-corrected chi connectivity index (χ4v) is 2.27. The molecule has 2 rings (SSSR count). The van der Waals surface area contributed by atoms with Crippen LogP contribution in [0.25, 0.3) is 0 Å². The van der Waals surface area contributed by atoms with Gasteiger partial charge >= 0.3 is 6.03 Å². The number of hydrogen-bond acceptors (Lipinski definition) is 4. The quantitative estimate of drug-likeness (QED) is 0.869. The topological polar surface area (TPSA) is 77.2 Å². The molecule has 2 N–H and O–H groups in total. The second-order valence-electron chi connectivity index (χ2n) is 5.14. The zero-order chi connectivity index (χ0) is 15.4. The van der Waals surface area contributed by atoms with Crippen LogP contribution in [0.1, 0.15) is 25.5 Å². The van der Waals surface area contributed by atoms with Crippen molar-refractivity contribution >= 4 is 11.9 Å². The highest BCUT2D eigenvalue weighted by atomic mass is 16.5. The van der Waals surface area contributed by atoms with Crippen molar-refractivity contribution < 1.29 is 14.3 Å². The van der Waals surface area contributed by atoms with Crippen LogP contribution in [-0.4, -0.2) is 43.1 Å². The van der Waals surface area contributed by atoms with Crippen LogP contribution < -0.4 is 10.5 Å². The van der Waals surface area contributed by atoms with Gasteiger partial charge in [-0.2, -0.15) is 4.99 Å². The lowest BCUT2D eigenvalue weighted by atomic mass is 10.1. The molecule has 1 heterocycles. The third-order valence-corrected chi connectivity index (χ3v) is 3.17. The number of urea groups is 1. The van der Waals surface area contributed by atoms with Gasteiger partial charge < -0.3 is 20.1 Å². The van der Waals surface area contributed by atoms with Crippen LogP contribution >= 0.6 is 0 Å². The lowest BCUT2D eigenvalue weighted by Crippen LogP contribution is -2.35. The molecule has 6 heteroatoms. The minimum absolute atomic E-state index is 0.119. The molecular weight excluding hydrogens is 270 g/mol. The van der Waals surface area contributed by atoms with Crippen LogP contribution in [0.5, 0.6) is 5.75 Å². The summed E-state index contributed by atoms with van der Waals surface area (Å²) in [5.74, 6) is 1.10. The average Bonchev–Trinajstić information content (AvgIpc) is 2.71. The van der Waals surface area contributed by atoms with Gasteiger partial charge in [-0.15, -0.1) is 0 Å². The number of aliphatic imine (C=N–C) groups is 1. The van der Waals surface area contributed by atoms with E-state index in [-0.39, 0.29) is 18.2 Å². The Bertz CT molecular complexity index is 525. The zero-order valence-electron chi connectivity index (χ0n) is 12.6. The first-order valence-corrected chi connectivity index (χ1v) is 6.93. The first-order valence-electron chi connectivity index (χ1n) is 6.93. The van der Waals surface area contributed by atoms with Crippen molar-refractivity contribution in [3.63, 3.8) is 0 Å². The first kappa shape index (κ1) is 15.3. The standard InChI is InChI=1S/C15H21N3O3/c1-10(2)21-12-6-4-11(5-7-12)13-14(16)17-15(19)18(13)8-9-20-3/h4-7,10,13H,8-9H2,1-3H3,(H2,16,17,19). The third-order valence-electron chi connectivity index (χ3n) is 3.17. The second-order valence-corrected chi connectivity index (χ2v) is 5.14. The van der Waals surface area contributed by atoms with Crippen LogP contribution in [0, 0.1) is 0 Å². The van der Waals surface area contributed by atoms with Crippen molar-refractivity contribution in [3.05, 3.63) is 29.8 Å². The summed E-state index contributed by atoms with van der Waals surface area (Å²) in [4.78, 5) is 17.3. The number of carbonyl (C=O) groups excluding carboxylic acids is 1. The number of nitrogens with two attached hydrogens (primary N) is 1. The number of carbonyl (C=O) groups is 1. The zero-order valence-corrected chi connectivity index (χ0v) is 12.6. The molecule has 1 aliphatic heterocycles. The molecule has 1 aliphatic rings. The fourth-order valence-electron chi connectivity index (χ4n) is 2.27. The van der Waals surface area contributed by atoms with Crippen LogP contribution in [0.2, 0.25) is 0 Å². The molecule has 0 aromatic heterocycles. The summed E-state index contributed by atoms with van der Waals surface area (Å²) in [6.07, 6.45) is 0.119. The maximum absolute atomic E-state index is 11.9. The van der Waals surface area contributed by atoms with Gasteiger partial charge in [0.05, 0.1) is 12.7 Å². The molecule has 114 valence electrons. The van der Waals surface area contributed by atoms with Crippen molar-refractivity contribution in [2.45, 2.75) is 26.0 Å². The van der Waals surface area contributed by atoms with Crippen molar-refractivity contribution in [3.8, 4) is 5.75 Å². The molecule has 0 saturated carbocycles. The van der Waals surface area contributed by atoms with Crippen molar-refractivity contribution in [1.82, 2.24) is 4.90 Å². The summed E-state index contributed by atoms with van der Waals surface area (Å²) in [5.41, 5.74) is 6.81. The lowest BCUT2D eigenvalue weighted by Gasteiger charge is -2.24. The summed E-state index contributed by atoms with van der Waals surface area (Å²) >= 11 is 0. The second kappa shape index (κ2) is 6.58. The molecule has 0 spiro atoms. The predicted octanol–water partition coefficient (Wildman–Crippen LogP) is 1.95. The summed E-state index contributed by atoms with van der Waals surface area (Å²) in [6.45, 7) is 4.84. The van der Waals surface area contributed by atoms with Crippen molar-refractivity contribution in [1.29, 1.82) is 0 Å². The average molecular weight is 291 g/mol. The van der Waals surface area contributed by atoms with Gasteiger partial charge in [-0.3, -0.25) is 0 Å². The molecular formula is C15H21N3O3. The van der Waals surface area contributed by atoms with E-state index in [1.165, 1.54) is 0 Å². The minimum atomic E-state index is -0.333. The molecule has 1 aromatic carbocycles. The van der Waals surface area contributed by atoms with Gasteiger partial charge in [-0.05, 0) is 31.5 Å². The van der Waals surface area contributed by atoms with E-state index in [2.05, 4.69) is 4.99 Å². The van der Waals surface area contributed by atoms with E-state index in [1.807, 2.05) is 38.1 Å². The molecule has 0 saturated heterocycles. The molecule has 0 radical (unpaired) electrons. The van der Waals surface area contributed by atoms with E-state index in [9.17, 15) is 4.79 Å². The van der Waals surface area contributed by atoms with E-state index in [0.717, 1.165) is 11.3 Å². The number of rotatable bonds is 6. The Morgan fingerprint density at radius 2 is 2.00 bits per heavy atom. The highest BCUT2D eigenvalue weighted by Gasteiger charge is 2.34. The molecule has 0 fully saturated rings. The van der Waals surface area contributed by atoms with E-state index < -0.39 is 0 Å². The number of nitrogens with zero attached hydrogens (tertiary/aromatic N) is 2. The highest BCUT2D eigenvalue weighted by Crippen LogP contribution is 2.28. The highest BCUT2D eigenvalue weighted by molar-refractivity contribution is 6.03. The number of methoxy groups -OCH3 is 1. The van der Waals surface area contributed by atoms with Gasteiger partial charge in [0.15, 0.2) is 0 Å². The Balaban J connectivity index is 2.17. The minimum Gasteiger partial charge on any atom is -0.491 e. The van der Waals surface area contributed by atoms with Gasteiger partial charge in [0, 0.05) is 13.7 Å². The smallest absolute Gasteiger partial charge is 0.346 e. The fraction of sp³-hybridized carbons (Fsp3) is 0.467. The number of amidine groups is 1. The number of amides is 2. The number of ether oxygens (including phenoxy) is 2. The van der Waals surface area contributed by atoms with Crippen LogP contribution in [0.4, 0.5) is 4.79 Å². The van der Waals surface area contributed by atoms with Crippen LogP contribution in [0.15, 0.2) is 29.3 Å². The Kier molecular flexibility index (Phi) is 4.80. The molecule has 1 unspecified atom stereocenters. The van der Waals surface area contributed by atoms with E-state index in [4.69, 9.17) is 15.2 Å². The molecule has 1 aromatic rings. The largest absolute Gasteiger partial charge is 0.491 e. The monoisotopic (exact) mass is 291 g/mol. The van der Waals surface area contributed by atoms with Crippen LogP contribution in [0.3, 0.4) is 0 Å². The lowest BCUT2D eigenvalue weighted by molar-refractivity contribution is 0.150. The van der Waals surface area contributed by atoms with Crippen molar-refractivity contribution in [2.75, 3.05) is 20.3 Å². The first-order chi connectivity index (χ1) is 10.0. The molecule has 2 amide bonds. The van der Waals surface area contributed by atoms with Crippen molar-refractivity contribution in [2.24, 2.45) is 10.7 Å². The predicted molar refractivity (Wildman–Crippen MR) is 80.5 cm³/mol. The van der Waals surface area contributed by atoms with E-state index in [0.29, 0.717) is 19.0 Å². The molecule has 0 bridgehead atoms. The van der Waals surface area contributed by atoms with Gasteiger partial charge in [0.25, 0.3) is 0 Å². The SMILES string of the molecule is COCCN1C(=O)N=C(N)C1c1ccc(OC(C)C)cc1. The molecule has 1 atom stereocenters. The van der Waals surface area contributed by atoms with Gasteiger partial charge in [-0.1, -0.05) is 12.1 Å². The molecule has 6 nitrogen and oxygen atoms in total. The number of benzene rings is 1. The normalized spacial score (nSPS) is 18.3. The van der Waals surface area contributed by atoms with Gasteiger partial charge in [-0.25, -0.2) is 4.79 Å². The summed E-state index contributed by atoms with van der Waals surface area (Å²) in [6, 6.07) is 6.91. The summed E-state index contributed by atoms with van der Waals surface area (Å²) in [5, 5.41) is 0. The number of hydrogen-bond donors (Lipinski definition) is 1. The molecule has 21 heavy (non-hydrogen) atoms. The van der Waals surface area contributed by atoms with Gasteiger partial charge in [0.2, 0.25) is 0 Å². The van der Waals surface area contributed by atoms with Crippen LogP contribution in [-0.2, 0) is 4.74 Å². The third kappa shape index (κ3) is 3.52. The van der Waals surface area contributed by atoms with Gasteiger partial charge in [0.1, 0.15) is 17.6 Å². The Morgan fingerprint density at radius 3 is 2.57 bits per heavy atom. The maximum Gasteiger partial charge on any atom is 0.346 e. The molecule has 0 aliphatic carbocycles. The Morgan fingerprint density at radius 1 is 1.33 bits per heavy atom. The summed E-state index contributed by atoms with van der Waals surface area (Å²) in [7, 11) is 1.60. The Hall–Kier alpha value is -2.08. The van der Waals surface area contributed by atoms with E-state index >= 15 is 0 Å². The summed E-state index contributed by atoms with van der Waals surface area (Å²) < 4.78 is 10.6. The van der Waals surface area contributed by atoms with E-state index in [1.54, 1.807) is 12.0 Å².